The minimum Gasteiger partial charge on any atom is -0.546 e. The van der Waals surface area contributed by atoms with Crippen LogP contribution in [0, 0.1) is 5.21 Å². The Kier molecular flexibility index (Phi) is 2.34. The SMILES string of the molecule is CC(C)N1C(=O)c2ccccc2N[N+]1([O-])O. The minimum absolute atomic E-state index is 0.335. The van der Waals surface area contributed by atoms with Gasteiger partial charge in [0.25, 0.3) is 0 Å². The fourth-order valence-corrected chi connectivity index (χ4v) is 1.77. The van der Waals surface area contributed by atoms with Gasteiger partial charge in [0, 0.05) is 0 Å². The van der Waals surface area contributed by atoms with Gasteiger partial charge in [-0.25, -0.2) is 0 Å². The van der Waals surface area contributed by atoms with E-state index < -0.39 is 17.0 Å². The Morgan fingerprint density at radius 1 is 1.44 bits per heavy atom. The average Bonchev–Trinajstić information content (AvgIpc) is 2.15. The number of nitrogens with one attached hydrogen (secondary N) is 1. The van der Waals surface area contributed by atoms with Gasteiger partial charge in [-0.2, -0.15) is 10.6 Å². The van der Waals surface area contributed by atoms with Crippen LogP contribution < -0.4 is 5.43 Å². The summed E-state index contributed by atoms with van der Waals surface area (Å²) in [7, 11) is 0. The van der Waals surface area contributed by atoms with Crippen LogP contribution in [0.3, 0.4) is 0 Å². The first-order chi connectivity index (χ1) is 7.43. The third-order valence-corrected chi connectivity index (χ3v) is 2.41. The lowest BCUT2D eigenvalue weighted by Gasteiger charge is -2.45. The molecule has 1 amide bonds. The highest BCUT2D eigenvalue weighted by molar-refractivity contribution is 5.99. The van der Waals surface area contributed by atoms with Crippen molar-refractivity contribution in [1.29, 1.82) is 0 Å². The van der Waals surface area contributed by atoms with Crippen LogP contribution in [0.25, 0.3) is 0 Å². The van der Waals surface area contributed by atoms with Crippen molar-refractivity contribution in [3.63, 3.8) is 0 Å². The van der Waals surface area contributed by atoms with Gasteiger partial charge >= 0.3 is 5.91 Å². The molecule has 1 aliphatic rings. The predicted molar refractivity (Wildman–Crippen MR) is 56.8 cm³/mol. The van der Waals surface area contributed by atoms with Gasteiger partial charge in [0.15, 0.2) is 0 Å². The minimum atomic E-state index is -1.90. The normalized spacial score (nSPS) is 24.3. The molecule has 0 bridgehead atoms. The Morgan fingerprint density at radius 2 is 2.06 bits per heavy atom. The Labute approximate surface area is 92.8 Å². The quantitative estimate of drug-likeness (QED) is 0.558. The molecular weight excluding hydrogens is 210 g/mol. The highest BCUT2D eigenvalue weighted by Gasteiger charge is 2.40. The summed E-state index contributed by atoms with van der Waals surface area (Å²) in [6.07, 6.45) is 0. The maximum atomic E-state index is 12.0. The van der Waals surface area contributed by atoms with Crippen molar-refractivity contribution in [3.8, 4) is 0 Å². The van der Waals surface area contributed by atoms with E-state index in [0.717, 1.165) is 5.01 Å². The van der Waals surface area contributed by atoms with Crippen molar-refractivity contribution >= 4 is 11.6 Å². The summed E-state index contributed by atoms with van der Waals surface area (Å²) in [6, 6.07) is 6.17. The zero-order valence-electron chi connectivity index (χ0n) is 9.04. The van der Waals surface area contributed by atoms with E-state index in [1.807, 2.05) is 0 Å². The Bertz CT molecular complexity index is 431. The molecule has 1 heterocycles. The number of quaternary nitrogens is 1. The molecule has 0 saturated carbocycles. The molecule has 86 valence electrons. The number of fused-ring (bicyclic) bond motifs is 1. The number of carbonyl (C=O) groups is 1. The van der Waals surface area contributed by atoms with Gasteiger partial charge < -0.3 is 5.21 Å². The molecule has 1 atom stereocenters. The Balaban J connectivity index is 2.51. The first kappa shape index (κ1) is 10.9. The summed E-state index contributed by atoms with van der Waals surface area (Å²) in [6.45, 7) is 3.32. The molecule has 2 rings (SSSR count). The van der Waals surface area contributed by atoms with Crippen LogP contribution in [0.15, 0.2) is 24.3 Å². The van der Waals surface area contributed by atoms with Crippen LogP contribution in [0.1, 0.15) is 24.2 Å². The second-order valence-electron chi connectivity index (χ2n) is 3.94. The van der Waals surface area contributed by atoms with Crippen molar-refractivity contribution in [2.24, 2.45) is 0 Å². The van der Waals surface area contributed by atoms with Crippen molar-refractivity contribution in [2.45, 2.75) is 19.9 Å². The third kappa shape index (κ3) is 1.53. The summed E-state index contributed by atoms with van der Waals surface area (Å²) >= 11 is 0. The maximum Gasteiger partial charge on any atom is 0.306 e. The van der Waals surface area contributed by atoms with Crippen LogP contribution in [-0.4, -0.2) is 27.2 Å². The van der Waals surface area contributed by atoms with Crippen LogP contribution in [0.4, 0.5) is 5.69 Å². The zero-order valence-corrected chi connectivity index (χ0v) is 9.04. The van der Waals surface area contributed by atoms with Crippen molar-refractivity contribution < 1.29 is 15.0 Å². The zero-order chi connectivity index (χ0) is 11.9. The molecule has 0 aliphatic carbocycles. The first-order valence-corrected chi connectivity index (χ1v) is 4.97. The lowest BCUT2D eigenvalue weighted by Crippen LogP contribution is -2.64. The Morgan fingerprint density at radius 3 is 2.69 bits per heavy atom. The number of carbonyl (C=O) groups excluding carboxylic acids is 1. The summed E-state index contributed by atoms with van der Waals surface area (Å²) in [5.74, 6) is -0.484. The standard InChI is InChI=1S/C10H13N3O3/c1-7(2)12-10(14)8-5-3-4-6-9(8)11-13(12,15)16/h3-7,11,15H,1-2H3. The average molecular weight is 223 g/mol. The van der Waals surface area contributed by atoms with E-state index in [4.69, 9.17) is 0 Å². The van der Waals surface area contributed by atoms with E-state index in [-0.39, 0.29) is 0 Å². The molecule has 1 unspecified atom stereocenters. The van der Waals surface area contributed by atoms with Crippen molar-refractivity contribution in [3.05, 3.63) is 35.0 Å². The smallest absolute Gasteiger partial charge is 0.306 e. The van der Waals surface area contributed by atoms with Gasteiger partial charge in [-0.15, -0.1) is 5.01 Å². The lowest BCUT2D eigenvalue weighted by atomic mass is 10.1. The number of anilines is 1. The predicted octanol–water partition coefficient (Wildman–Crippen LogP) is 1.50. The topological polar surface area (TPSA) is 75.6 Å². The number of amides is 1. The highest BCUT2D eigenvalue weighted by atomic mass is 16.9. The molecule has 2 N–H and O–H groups in total. The van der Waals surface area contributed by atoms with Gasteiger partial charge in [0.1, 0.15) is 5.69 Å². The first-order valence-electron chi connectivity index (χ1n) is 4.97. The monoisotopic (exact) mass is 223 g/mol. The molecule has 0 spiro atoms. The molecule has 0 radical (unpaired) electrons. The molecular formula is C10H13N3O3. The van der Waals surface area contributed by atoms with Gasteiger partial charge in [-0.3, -0.25) is 4.79 Å². The third-order valence-electron chi connectivity index (χ3n) is 2.41. The highest BCUT2D eigenvalue weighted by Crippen LogP contribution is 2.28. The maximum absolute atomic E-state index is 12.0. The molecule has 0 fully saturated rings. The number of hydrogen-bond acceptors (Lipinski definition) is 4. The largest absolute Gasteiger partial charge is 0.546 e. The van der Waals surface area contributed by atoms with E-state index in [1.165, 1.54) is 0 Å². The molecule has 1 aromatic carbocycles. The number of rotatable bonds is 1. The van der Waals surface area contributed by atoms with E-state index in [0.29, 0.717) is 11.3 Å². The summed E-state index contributed by atoms with van der Waals surface area (Å²) in [5, 5.41) is 20.3. The number of nitrogens with zero attached hydrogens (tertiary/aromatic N) is 2. The molecule has 1 aliphatic heterocycles. The molecule has 0 aromatic heterocycles. The van der Waals surface area contributed by atoms with Crippen LogP contribution >= 0.6 is 0 Å². The van der Waals surface area contributed by atoms with E-state index in [9.17, 15) is 15.2 Å². The second kappa shape index (κ2) is 3.44. The molecule has 6 heteroatoms. The van der Waals surface area contributed by atoms with Gasteiger partial charge in [0.05, 0.1) is 11.6 Å². The number of hydrogen-bond donors (Lipinski definition) is 2. The summed E-state index contributed by atoms with van der Waals surface area (Å²) in [5.41, 5.74) is 3.06. The van der Waals surface area contributed by atoms with Crippen LogP contribution in [0.5, 0.6) is 0 Å². The van der Waals surface area contributed by atoms with E-state index >= 15 is 0 Å². The molecule has 0 saturated heterocycles. The lowest BCUT2D eigenvalue weighted by molar-refractivity contribution is -1.13. The van der Waals surface area contributed by atoms with Gasteiger partial charge in [-0.1, -0.05) is 12.1 Å². The van der Waals surface area contributed by atoms with Crippen LogP contribution in [-0.2, 0) is 0 Å². The Hall–Kier alpha value is -1.63. The molecule has 6 nitrogen and oxygen atoms in total. The van der Waals surface area contributed by atoms with Crippen LogP contribution in [0.2, 0.25) is 0 Å². The summed E-state index contributed by atoms with van der Waals surface area (Å²) in [4.78, 5) is 12.0. The van der Waals surface area contributed by atoms with Crippen molar-refractivity contribution in [1.82, 2.24) is 5.01 Å². The summed E-state index contributed by atoms with van der Waals surface area (Å²) < 4.78 is 0. The fourth-order valence-electron chi connectivity index (χ4n) is 1.77. The van der Waals surface area contributed by atoms with Crippen molar-refractivity contribution in [2.75, 3.05) is 5.43 Å². The van der Waals surface area contributed by atoms with E-state index in [2.05, 4.69) is 5.43 Å². The second-order valence-corrected chi connectivity index (χ2v) is 3.94. The van der Waals surface area contributed by atoms with Gasteiger partial charge in [-0.05, 0) is 31.0 Å². The number of benzene rings is 1. The molecule has 1 aromatic rings. The number of para-hydroxylation sites is 1. The van der Waals surface area contributed by atoms with Gasteiger partial charge in [0.2, 0.25) is 0 Å². The van der Waals surface area contributed by atoms with E-state index in [1.54, 1.807) is 38.1 Å². The fraction of sp³-hybridized carbons (Fsp3) is 0.300. The molecule has 16 heavy (non-hydrogen) atoms.